The first-order valence-electron chi connectivity index (χ1n) is 9.14. The van der Waals surface area contributed by atoms with Crippen molar-refractivity contribution in [1.29, 1.82) is 0 Å². The predicted molar refractivity (Wildman–Crippen MR) is 105 cm³/mol. The van der Waals surface area contributed by atoms with Crippen LogP contribution < -0.4 is 5.32 Å². The summed E-state index contributed by atoms with van der Waals surface area (Å²) in [6, 6.07) is 17.0. The summed E-state index contributed by atoms with van der Waals surface area (Å²) in [7, 11) is 0. The number of amides is 1. The van der Waals surface area contributed by atoms with E-state index in [0.717, 1.165) is 11.1 Å². The number of nitrogens with one attached hydrogen (secondary N) is 1. The number of hydrogen-bond acceptors (Lipinski definition) is 4. The van der Waals surface area contributed by atoms with Gasteiger partial charge in [-0.3, -0.25) is 4.79 Å². The Balaban J connectivity index is 1.58. The zero-order valence-corrected chi connectivity index (χ0v) is 15.9. The van der Waals surface area contributed by atoms with Crippen LogP contribution in [0.15, 0.2) is 54.6 Å². The summed E-state index contributed by atoms with van der Waals surface area (Å²) in [5, 5.41) is 25.1. The number of aliphatic hydroxyl groups is 2. The molecule has 1 amide bonds. The molecule has 27 heavy (non-hydrogen) atoms. The van der Waals surface area contributed by atoms with Gasteiger partial charge in [0.2, 0.25) is 5.91 Å². The number of nitrogens with zero attached hydrogens (tertiary/aromatic N) is 1. The Bertz CT molecular complexity index is 771. The van der Waals surface area contributed by atoms with Crippen molar-refractivity contribution in [1.82, 2.24) is 10.2 Å². The minimum absolute atomic E-state index is 0.0439. The predicted octanol–water partition coefficient (Wildman–Crippen LogP) is 2.00. The van der Waals surface area contributed by atoms with Gasteiger partial charge in [0.25, 0.3) is 0 Å². The lowest BCUT2D eigenvalue weighted by molar-refractivity contribution is -0.150. The zero-order chi connectivity index (χ0) is 19.3. The number of carbonyl (C=O) groups is 1. The van der Waals surface area contributed by atoms with Crippen molar-refractivity contribution < 1.29 is 15.0 Å². The van der Waals surface area contributed by atoms with E-state index in [2.05, 4.69) is 5.32 Å². The molecular formula is C21H25ClN2O3. The van der Waals surface area contributed by atoms with Crippen LogP contribution >= 0.6 is 11.6 Å². The third kappa shape index (κ3) is 5.08. The molecule has 3 N–H and O–H groups in total. The van der Waals surface area contributed by atoms with Crippen LogP contribution in [-0.4, -0.2) is 52.4 Å². The van der Waals surface area contributed by atoms with Gasteiger partial charge in [-0.1, -0.05) is 60.1 Å². The molecule has 1 fully saturated rings. The van der Waals surface area contributed by atoms with Gasteiger partial charge in [0.1, 0.15) is 5.60 Å². The van der Waals surface area contributed by atoms with E-state index >= 15 is 0 Å². The van der Waals surface area contributed by atoms with Gasteiger partial charge in [-0.15, -0.1) is 0 Å². The monoisotopic (exact) mass is 388 g/mol. The average Bonchev–Trinajstić information content (AvgIpc) is 2.66. The zero-order valence-electron chi connectivity index (χ0n) is 15.1. The molecule has 0 saturated carbocycles. The smallest absolute Gasteiger partial charge is 0.227 e. The summed E-state index contributed by atoms with van der Waals surface area (Å²) in [4.78, 5) is 14.2. The maximum Gasteiger partial charge on any atom is 0.227 e. The lowest BCUT2D eigenvalue weighted by atomic mass is 9.89. The summed E-state index contributed by atoms with van der Waals surface area (Å²) in [5.74, 6) is -0.0439. The van der Waals surface area contributed by atoms with Crippen LogP contribution in [0.5, 0.6) is 0 Å². The second kappa shape index (κ2) is 8.85. The Hall–Kier alpha value is -1.92. The van der Waals surface area contributed by atoms with Crippen molar-refractivity contribution in [2.75, 3.05) is 19.6 Å². The molecule has 0 aromatic heterocycles. The van der Waals surface area contributed by atoms with Gasteiger partial charge < -0.3 is 20.4 Å². The van der Waals surface area contributed by atoms with Gasteiger partial charge in [0.15, 0.2) is 0 Å². The van der Waals surface area contributed by atoms with Gasteiger partial charge in [-0.05, 0) is 23.6 Å². The first-order chi connectivity index (χ1) is 13.0. The topological polar surface area (TPSA) is 72.8 Å². The number of hydrogen-bond donors (Lipinski definition) is 3. The number of piperidine rings is 1. The number of β-amino-alcohol motifs (C(OH)–C–C–N with tert-alkyl or cyclic N) is 1. The summed E-state index contributed by atoms with van der Waals surface area (Å²) in [6.45, 7) is 1.20. The first-order valence-corrected chi connectivity index (χ1v) is 9.52. The molecule has 0 radical (unpaired) electrons. The van der Waals surface area contributed by atoms with Crippen LogP contribution in [0.2, 0.25) is 5.02 Å². The van der Waals surface area contributed by atoms with Crippen molar-refractivity contribution in [3.8, 4) is 0 Å². The molecule has 1 aliphatic heterocycles. The molecule has 2 aromatic rings. The van der Waals surface area contributed by atoms with Crippen LogP contribution in [0.4, 0.5) is 0 Å². The molecule has 144 valence electrons. The lowest BCUT2D eigenvalue weighted by Crippen LogP contribution is -2.62. The minimum atomic E-state index is -1.38. The van der Waals surface area contributed by atoms with Crippen molar-refractivity contribution in [3.05, 3.63) is 70.7 Å². The standard InChI is InChI=1S/C21H25ClN2O3/c22-18-9-5-4-8-17(18)13-23-14-21(27)15-24(11-10-19(21)25)20(26)12-16-6-2-1-3-7-16/h1-9,19,23,25,27H,10-15H2/t19-,21+/m0/s1. The number of rotatable bonds is 6. The fourth-order valence-electron chi connectivity index (χ4n) is 3.39. The largest absolute Gasteiger partial charge is 0.390 e. The van der Waals surface area contributed by atoms with Crippen LogP contribution in [0, 0.1) is 0 Å². The first kappa shape index (κ1) is 19.8. The summed E-state index contributed by atoms with van der Waals surface area (Å²) < 4.78 is 0. The third-order valence-electron chi connectivity index (χ3n) is 5.01. The van der Waals surface area contributed by atoms with E-state index in [-0.39, 0.29) is 19.0 Å². The Morgan fingerprint density at radius 2 is 1.89 bits per heavy atom. The third-order valence-corrected chi connectivity index (χ3v) is 5.38. The molecule has 3 rings (SSSR count). The fraction of sp³-hybridized carbons (Fsp3) is 0.381. The minimum Gasteiger partial charge on any atom is -0.390 e. The Morgan fingerprint density at radius 1 is 1.19 bits per heavy atom. The molecule has 0 aliphatic carbocycles. The van der Waals surface area contributed by atoms with Crippen LogP contribution in [0.1, 0.15) is 17.5 Å². The highest BCUT2D eigenvalue weighted by atomic mass is 35.5. The van der Waals surface area contributed by atoms with E-state index in [1.54, 1.807) is 4.90 Å². The Labute approximate surface area is 164 Å². The highest BCUT2D eigenvalue weighted by molar-refractivity contribution is 6.31. The van der Waals surface area contributed by atoms with E-state index in [0.29, 0.717) is 31.0 Å². The molecular weight excluding hydrogens is 364 g/mol. The molecule has 1 aliphatic rings. The van der Waals surface area contributed by atoms with E-state index in [4.69, 9.17) is 11.6 Å². The highest BCUT2D eigenvalue weighted by Gasteiger charge is 2.42. The van der Waals surface area contributed by atoms with Crippen molar-refractivity contribution in [2.45, 2.75) is 31.1 Å². The molecule has 2 atom stereocenters. The van der Waals surface area contributed by atoms with Crippen LogP contribution in [0.3, 0.4) is 0 Å². The van der Waals surface area contributed by atoms with Gasteiger partial charge in [0, 0.05) is 24.7 Å². The van der Waals surface area contributed by atoms with E-state index in [9.17, 15) is 15.0 Å². The number of likely N-dealkylation sites (tertiary alicyclic amines) is 1. The summed E-state index contributed by atoms with van der Waals surface area (Å²) in [5.41, 5.74) is 0.477. The lowest BCUT2D eigenvalue weighted by Gasteiger charge is -2.43. The molecule has 5 nitrogen and oxygen atoms in total. The number of benzene rings is 2. The molecule has 1 heterocycles. The van der Waals surface area contributed by atoms with Gasteiger partial charge in [0.05, 0.1) is 19.1 Å². The molecule has 0 bridgehead atoms. The van der Waals surface area contributed by atoms with E-state index < -0.39 is 11.7 Å². The van der Waals surface area contributed by atoms with Crippen molar-refractivity contribution >= 4 is 17.5 Å². The van der Waals surface area contributed by atoms with Crippen molar-refractivity contribution in [2.24, 2.45) is 0 Å². The molecule has 0 unspecified atom stereocenters. The SMILES string of the molecule is O=C(Cc1ccccc1)N1CC[C@H](O)[C@@](O)(CNCc2ccccc2Cl)C1. The maximum absolute atomic E-state index is 12.6. The van der Waals surface area contributed by atoms with Gasteiger partial charge >= 0.3 is 0 Å². The molecule has 2 aromatic carbocycles. The quantitative estimate of drug-likeness (QED) is 0.707. The highest BCUT2D eigenvalue weighted by Crippen LogP contribution is 2.23. The number of aliphatic hydroxyl groups excluding tert-OH is 1. The van der Waals surface area contributed by atoms with Gasteiger partial charge in [-0.25, -0.2) is 0 Å². The second-order valence-electron chi connectivity index (χ2n) is 7.08. The van der Waals surface area contributed by atoms with Crippen molar-refractivity contribution in [3.63, 3.8) is 0 Å². The summed E-state index contributed by atoms with van der Waals surface area (Å²) in [6.07, 6.45) is -0.234. The van der Waals surface area contributed by atoms with E-state index in [1.807, 2.05) is 54.6 Å². The fourth-order valence-corrected chi connectivity index (χ4v) is 3.59. The Morgan fingerprint density at radius 3 is 2.63 bits per heavy atom. The Kier molecular flexibility index (Phi) is 6.50. The maximum atomic E-state index is 12.6. The average molecular weight is 389 g/mol. The summed E-state index contributed by atoms with van der Waals surface area (Å²) >= 11 is 6.15. The molecule has 1 saturated heterocycles. The van der Waals surface area contributed by atoms with Crippen LogP contribution in [-0.2, 0) is 17.8 Å². The van der Waals surface area contributed by atoms with Gasteiger partial charge in [-0.2, -0.15) is 0 Å². The van der Waals surface area contributed by atoms with Crippen LogP contribution in [0.25, 0.3) is 0 Å². The molecule has 0 spiro atoms. The van der Waals surface area contributed by atoms with E-state index in [1.165, 1.54) is 0 Å². The number of halogens is 1. The number of carbonyl (C=O) groups excluding carboxylic acids is 1. The normalized spacial score (nSPS) is 22.6. The molecule has 6 heteroatoms. The second-order valence-corrected chi connectivity index (χ2v) is 7.49.